The van der Waals surface area contributed by atoms with Gasteiger partial charge in [-0.1, -0.05) is 12.1 Å². The summed E-state index contributed by atoms with van der Waals surface area (Å²) < 4.78 is 22.4. The third kappa shape index (κ3) is 4.03. The summed E-state index contributed by atoms with van der Waals surface area (Å²) in [6.07, 6.45) is 1.81. The molecular weight excluding hydrogens is 278 g/mol. The van der Waals surface area contributed by atoms with Crippen LogP contribution in [0.2, 0.25) is 0 Å². The Labute approximate surface area is 118 Å². The Kier molecular flexibility index (Phi) is 4.42. The molecule has 1 aromatic rings. The van der Waals surface area contributed by atoms with Crippen molar-refractivity contribution >= 4 is 15.9 Å². The predicted molar refractivity (Wildman–Crippen MR) is 76.4 cm³/mol. The van der Waals surface area contributed by atoms with Crippen LogP contribution in [0.5, 0.6) is 0 Å². The Morgan fingerprint density at radius 2 is 1.95 bits per heavy atom. The zero-order chi connectivity index (χ0) is 14.8. The molecule has 1 aliphatic heterocycles. The van der Waals surface area contributed by atoms with Gasteiger partial charge in [0.05, 0.1) is 5.75 Å². The lowest BCUT2D eigenvalue weighted by Crippen LogP contribution is -2.36. The van der Waals surface area contributed by atoms with Gasteiger partial charge in [-0.15, -0.1) is 0 Å². The van der Waals surface area contributed by atoms with Crippen molar-refractivity contribution in [2.45, 2.75) is 25.4 Å². The lowest BCUT2D eigenvalue weighted by Gasteiger charge is -2.23. The van der Waals surface area contributed by atoms with Crippen molar-refractivity contribution < 1.29 is 13.2 Å². The fourth-order valence-electron chi connectivity index (χ4n) is 2.57. The summed E-state index contributed by atoms with van der Waals surface area (Å²) in [7, 11) is -3.45. The van der Waals surface area contributed by atoms with Crippen LogP contribution in [-0.4, -0.2) is 37.6 Å². The monoisotopic (exact) mass is 297 g/mol. The maximum absolute atomic E-state index is 11.2. The number of benzene rings is 1. The molecule has 0 unspecified atom stereocenters. The van der Waals surface area contributed by atoms with Crippen LogP contribution in [0.1, 0.15) is 28.8 Å². The van der Waals surface area contributed by atoms with Crippen molar-refractivity contribution in [2.24, 2.45) is 10.9 Å². The van der Waals surface area contributed by atoms with Gasteiger partial charge in [-0.3, -0.25) is 9.69 Å². The zero-order valence-electron chi connectivity index (χ0n) is 11.2. The number of primary sulfonamides is 1. The second kappa shape index (κ2) is 5.90. The number of primary amides is 1. The number of nitrogens with zero attached hydrogens (tertiary/aromatic N) is 1. The van der Waals surface area contributed by atoms with Crippen LogP contribution in [0.15, 0.2) is 24.3 Å². The van der Waals surface area contributed by atoms with Gasteiger partial charge in [0.1, 0.15) is 0 Å². The minimum absolute atomic E-state index is 0.00757. The largest absolute Gasteiger partial charge is 0.366 e. The van der Waals surface area contributed by atoms with Crippen molar-refractivity contribution in [3.8, 4) is 0 Å². The van der Waals surface area contributed by atoms with Gasteiger partial charge in [0.2, 0.25) is 15.9 Å². The number of amides is 1. The van der Waals surface area contributed by atoms with Crippen LogP contribution in [0.4, 0.5) is 0 Å². The smallest absolute Gasteiger partial charge is 0.248 e. The number of hydrogen-bond donors (Lipinski definition) is 2. The van der Waals surface area contributed by atoms with E-state index in [1.807, 2.05) is 12.1 Å². The molecule has 20 heavy (non-hydrogen) atoms. The van der Waals surface area contributed by atoms with Crippen molar-refractivity contribution in [1.29, 1.82) is 0 Å². The van der Waals surface area contributed by atoms with E-state index in [0.29, 0.717) is 12.1 Å². The van der Waals surface area contributed by atoms with Crippen molar-refractivity contribution in [3.05, 3.63) is 35.4 Å². The van der Waals surface area contributed by atoms with Gasteiger partial charge in [0, 0.05) is 18.2 Å². The predicted octanol–water partition coefficient (Wildman–Crippen LogP) is 0.0384. The molecule has 1 saturated heterocycles. The third-order valence-electron chi connectivity index (χ3n) is 3.55. The summed E-state index contributed by atoms with van der Waals surface area (Å²) >= 11 is 0. The quantitative estimate of drug-likeness (QED) is 0.800. The van der Waals surface area contributed by atoms with E-state index in [0.717, 1.165) is 24.9 Å². The van der Waals surface area contributed by atoms with Crippen molar-refractivity contribution in [2.75, 3.05) is 12.3 Å². The van der Waals surface area contributed by atoms with E-state index >= 15 is 0 Å². The Balaban J connectivity index is 2.03. The van der Waals surface area contributed by atoms with Gasteiger partial charge in [-0.2, -0.15) is 0 Å². The number of carbonyl (C=O) groups is 1. The maximum Gasteiger partial charge on any atom is 0.248 e. The van der Waals surface area contributed by atoms with Crippen LogP contribution in [-0.2, 0) is 16.6 Å². The highest BCUT2D eigenvalue weighted by atomic mass is 32.2. The Morgan fingerprint density at radius 1 is 1.30 bits per heavy atom. The second-order valence-electron chi connectivity index (χ2n) is 5.16. The summed E-state index contributed by atoms with van der Waals surface area (Å²) in [5.41, 5.74) is 6.68. The Bertz CT molecular complexity index is 583. The molecule has 1 amide bonds. The summed E-state index contributed by atoms with van der Waals surface area (Å²) in [5, 5.41) is 5.12. The molecule has 0 aliphatic carbocycles. The maximum atomic E-state index is 11.2. The minimum atomic E-state index is -3.45. The molecular formula is C13H19N3O3S. The molecule has 2 rings (SSSR count). The van der Waals surface area contributed by atoms with E-state index < -0.39 is 15.9 Å². The van der Waals surface area contributed by atoms with Crippen LogP contribution in [0, 0.1) is 0 Å². The Hall–Kier alpha value is -1.44. The molecule has 1 heterocycles. The molecule has 1 fully saturated rings. The van der Waals surface area contributed by atoms with Crippen molar-refractivity contribution in [1.82, 2.24) is 4.90 Å². The first-order valence-corrected chi connectivity index (χ1v) is 8.20. The zero-order valence-corrected chi connectivity index (χ0v) is 12.0. The molecule has 110 valence electrons. The molecule has 0 saturated carbocycles. The highest BCUT2D eigenvalue weighted by Gasteiger charge is 2.27. The van der Waals surface area contributed by atoms with E-state index in [1.165, 1.54) is 0 Å². The van der Waals surface area contributed by atoms with Gasteiger partial charge < -0.3 is 5.73 Å². The average molecular weight is 297 g/mol. The lowest BCUT2D eigenvalue weighted by molar-refractivity contribution is 0.1000. The molecule has 4 N–H and O–H groups in total. The Morgan fingerprint density at radius 3 is 2.50 bits per heavy atom. The minimum Gasteiger partial charge on any atom is -0.366 e. The summed E-state index contributed by atoms with van der Waals surface area (Å²) in [6.45, 7) is 1.51. The van der Waals surface area contributed by atoms with E-state index in [1.54, 1.807) is 12.1 Å². The fraction of sp³-hybridized carbons (Fsp3) is 0.462. The molecule has 0 radical (unpaired) electrons. The molecule has 0 aromatic heterocycles. The van der Waals surface area contributed by atoms with E-state index in [9.17, 15) is 13.2 Å². The molecule has 1 aromatic carbocycles. The number of carbonyl (C=O) groups excluding carboxylic acids is 1. The van der Waals surface area contributed by atoms with Crippen molar-refractivity contribution in [3.63, 3.8) is 0 Å². The summed E-state index contributed by atoms with van der Waals surface area (Å²) in [4.78, 5) is 13.1. The van der Waals surface area contributed by atoms with Gasteiger partial charge in [0.25, 0.3) is 0 Å². The summed E-state index contributed by atoms with van der Waals surface area (Å²) in [5.74, 6) is -0.461. The van der Waals surface area contributed by atoms with Gasteiger partial charge in [0.15, 0.2) is 0 Å². The summed E-state index contributed by atoms with van der Waals surface area (Å²) in [6, 6.07) is 7.02. The number of nitrogens with two attached hydrogens (primary N) is 2. The molecule has 0 spiro atoms. The van der Waals surface area contributed by atoms with E-state index in [-0.39, 0.29) is 11.8 Å². The fourth-order valence-corrected chi connectivity index (χ4v) is 3.48. The third-order valence-corrected chi connectivity index (χ3v) is 4.40. The van der Waals surface area contributed by atoms with Crippen LogP contribution < -0.4 is 10.9 Å². The number of hydrogen-bond acceptors (Lipinski definition) is 4. The van der Waals surface area contributed by atoms with Gasteiger partial charge >= 0.3 is 0 Å². The van der Waals surface area contributed by atoms with Crippen LogP contribution >= 0.6 is 0 Å². The molecule has 1 aliphatic rings. The molecule has 7 heteroatoms. The van der Waals surface area contributed by atoms with Gasteiger partial charge in [-0.25, -0.2) is 13.6 Å². The lowest BCUT2D eigenvalue weighted by atomic mass is 10.1. The molecule has 6 nitrogen and oxygen atoms in total. The average Bonchev–Trinajstić information content (AvgIpc) is 2.75. The number of sulfonamides is 1. The van der Waals surface area contributed by atoms with E-state index in [4.69, 9.17) is 10.9 Å². The highest BCUT2D eigenvalue weighted by Crippen LogP contribution is 2.21. The standard InChI is InChI=1S/C13H19N3O3S/c14-13(17)11-5-3-10(4-6-11)8-16-7-1-2-12(16)9-20(15,18)19/h3-6,12H,1-2,7-9H2,(H2,14,17)(H2,15,18,19)/t12-/m1/s1. The number of likely N-dealkylation sites (tertiary alicyclic amines) is 1. The number of rotatable bonds is 5. The normalized spacial score (nSPS) is 20.1. The SMILES string of the molecule is NC(=O)c1ccc(CN2CCC[C@@H]2CS(N)(=O)=O)cc1. The van der Waals surface area contributed by atoms with Gasteiger partial charge in [-0.05, 0) is 37.1 Å². The molecule has 1 atom stereocenters. The topological polar surface area (TPSA) is 106 Å². The first kappa shape index (κ1) is 15.0. The second-order valence-corrected chi connectivity index (χ2v) is 6.82. The first-order valence-electron chi connectivity index (χ1n) is 6.48. The molecule has 0 bridgehead atoms. The first-order chi connectivity index (χ1) is 9.35. The van der Waals surface area contributed by atoms with Crippen LogP contribution in [0.3, 0.4) is 0 Å². The highest BCUT2D eigenvalue weighted by molar-refractivity contribution is 7.89. The van der Waals surface area contributed by atoms with Crippen LogP contribution in [0.25, 0.3) is 0 Å². The van der Waals surface area contributed by atoms with E-state index in [2.05, 4.69) is 4.90 Å².